The Balaban J connectivity index is 2.62. The Morgan fingerprint density at radius 1 is 1.64 bits per heavy atom. The molecule has 0 fully saturated rings. The molecule has 0 aliphatic carbocycles. The molecule has 4 nitrogen and oxygen atoms in total. The third kappa shape index (κ3) is 2.59. The highest BCUT2D eigenvalue weighted by atomic mass is 32.1. The number of ether oxygens (including phenoxy) is 1. The van der Waals surface area contributed by atoms with Gasteiger partial charge in [0.25, 0.3) is 0 Å². The summed E-state index contributed by atoms with van der Waals surface area (Å²) in [7, 11) is 1.71. The van der Waals surface area contributed by atoms with E-state index >= 15 is 0 Å². The summed E-state index contributed by atoms with van der Waals surface area (Å²) in [6.07, 6.45) is 1.02. The van der Waals surface area contributed by atoms with Gasteiger partial charge in [-0.3, -0.25) is 0 Å². The molecule has 0 aliphatic rings. The van der Waals surface area contributed by atoms with Gasteiger partial charge in [-0.15, -0.1) is 0 Å². The van der Waals surface area contributed by atoms with Crippen LogP contribution in [0.3, 0.4) is 0 Å². The van der Waals surface area contributed by atoms with E-state index in [0.29, 0.717) is 18.5 Å². The molecule has 0 radical (unpaired) electrons. The van der Waals surface area contributed by atoms with E-state index in [0.717, 1.165) is 17.0 Å². The average Bonchev–Trinajstić information content (AvgIpc) is 2.49. The summed E-state index contributed by atoms with van der Waals surface area (Å²) >= 11 is 1.40. The molecular formula is C9H17N3OS. The van der Waals surface area contributed by atoms with Crippen molar-refractivity contribution < 1.29 is 4.74 Å². The fourth-order valence-corrected chi connectivity index (χ4v) is 1.92. The molecule has 0 aromatic carbocycles. The first-order chi connectivity index (χ1) is 6.69. The lowest BCUT2D eigenvalue weighted by Crippen LogP contribution is -2.23. The van der Waals surface area contributed by atoms with E-state index in [4.69, 9.17) is 10.5 Å². The minimum absolute atomic E-state index is 0.332. The summed E-state index contributed by atoms with van der Waals surface area (Å²) in [6.45, 7) is 4.80. The highest BCUT2D eigenvalue weighted by molar-refractivity contribution is 7.10. The molecule has 3 N–H and O–H groups in total. The van der Waals surface area contributed by atoms with Gasteiger partial charge < -0.3 is 15.8 Å². The van der Waals surface area contributed by atoms with Crippen LogP contribution in [0.25, 0.3) is 0 Å². The molecule has 0 saturated carbocycles. The van der Waals surface area contributed by atoms with Crippen LogP contribution in [0.1, 0.15) is 18.9 Å². The van der Waals surface area contributed by atoms with Gasteiger partial charge in [0.2, 0.25) is 0 Å². The van der Waals surface area contributed by atoms with Crippen LogP contribution in [0.4, 0.5) is 10.8 Å². The molecule has 1 rings (SSSR count). The average molecular weight is 215 g/mol. The lowest BCUT2D eigenvalue weighted by Gasteiger charge is -2.15. The largest absolute Gasteiger partial charge is 0.383 e. The van der Waals surface area contributed by atoms with Gasteiger partial charge in [0, 0.05) is 12.7 Å². The van der Waals surface area contributed by atoms with Crippen molar-refractivity contribution in [2.75, 3.05) is 24.8 Å². The van der Waals surface area contributed by atoms with Crippen molar-refractivity contribution in [1.82, 2.24) is 4.37 Å². The van der Waals surface area contributed by atoms with Crippen LogP contribution in [0.2, 0.25) is 0 Å². The van der Waals surface area contributed by atoms with Gasteiger partial charge in [-0.2, -0.15) is 4.37 Å². The molecular weight excluding hydrogens is 198 g/mol. The Labute approximate surface area is 88.6 Å². The Bertz CT molecular complexity index is 288. The number of methoxy groups -OCH3 is 1. The maximum atomic E-state index is 5.66. The minimum atomic E-state index is 0.332. The van der Waals surface area contributed by atoms with E-state index in [1.807, 2.05) is 6.92 Å². The Kier molecular flexibility index (Phi) is 4.16. The normalized spacial score (nSPS) is 12.8. The van der Waals surface area contributed by atoms with Crippen LogP contribution in [0.15, 0.2) is 0 Å². The van der Waals surface area contributed by atoms with Crippen molar-refractivity contribution in [3.05, 3.63) is 5.56 Å². The monoisotopic (exact) mass is 215 g/mol. The van der Waals surface area contributed by atoms with Crippen molar-refractivity contribution in [2.45, 2.75) is 26.3 Å². The molecule has 0 saturated heterocycles. The third-order valence-corrected chi connectivity index (χ3v) is 3.05. The summed E-state index contributed by atoms with van der Waals surface area (Å²) in [5, 5.41) is 4.42. The minimum Gasteiger partial charge on any atom is -0.383 e. The molecule has 0 bridgehead atoms. The Morgan fingerprint density at radius 3 is 2.79 bits per heavy atom. The number of anilines is 2. The number of nitrogen functional groups attached to an aromatic ring is 1. The zero-order chi connectivity index (χ0) is 10.6. The van der Waals surface area contributed by atoms with Crippen molar-refractivity contribution >= 4 is 22.4 Å². The fraction of sp³-hybridized carbons (Fsp3) is 0.667. The zero-order valence-corrected chi connectivity index (χ0v) is 9.65. The number of rotatable bonds is 5. The number of nitrogens with two attached hydrogens (primary N) is 1. The first kappa shape index (κ1) is 11.3. The van der Waals surface area contributed by atoms with Gasteiger partial charge in [0.15, 0.2) is 0 Å². The number of hydrogen-bond donors (Lipinski definition) is 2. The van der Waals surface area contributed by atoms with Gasteiger partial charge in [0.1, 0.15) is 10.8 Å². The Morgan fingerprint density at radius 2 is 2.36 bits per heavy atom. The van der Waals surface area contributed by atoms with Crippen LogP contribution >= 0.6 is 11.5 Å². The summed E-state index contributed by atoms with van der Waals surface area (Å²) in [5.74, 6) is 0.616. The van der Waals surface area contributed by atoms with Crippen LogP contribution in [0, 0.1) is 6.92 Å². The molecule has 0 amide bonds. The number of nitrogens with one attached hydrogen (secondary N) is 1. The predicted octanol–water partition coefficient (Wildman–Crippen LogP) is 1.87. The van der Waals surface area contributed by atoms with Gasteiger partial charge in [0.05, 0.1) is 12.6 Å². The molecule has 0 aliphatic heterocycles. The molecule has 0 spiro atoms. The van der Waals surface area contributed by atoms with E-state index in [1.165, 1.54) is 11.5 Å². The summed E-state index contributed by atoms with van der Waals surface area (Å²) in [6, 6.07) is 0.332. The van der Waals surface area contributed by atoms with Crippen molar-refractivity contribution in [3.8, 4) is 0 Å². The molecule has 1 aromatic heterocycles. The predicted molar refractivity (Wildman–Crippen MR) is 60.8 cm³/mol. The highest BCUT2D eigenvalue weighted by Crippen LogP contribution is 2.26. The van der Waals surface area contributed by atoms with E-state index in [-0.39, 0.29) is 0 Å². The van der Waals surface area contributed by atoms with Crippen molar-refractivity contribution in [1.29, 1.82) is 0 Å². The van der Waals surface area contributed by atoms with E-state index in [9.17, 15) is 0 Å². The second-order valence-electron chi connectivity index (χ2n) is 3.23. The van der Waals surface area contributed by atoms with Gasteiger partial charge in [-0.05, 0) is 24.9 Å². The Hall–Kier alpha value is -0.810. The maximum absolute atomic E-state index is 5.66. The standard InChI is InChI=1S/C9H17N3OS/c1-4-7(5-13-3)11-9-6(2)8(10)12-14-9/h7,11H,4-5H2,1-3H3,(H2,10,12). The third-order valence-electron chi connectivity index (χ3n) is 2.16. The second kappa shape index (κ2) is 5.17. The van der Waals surface area contributed by atoms with Crippen molar-refractivity contribution in [2.24, 2.45) is 0 Å². The maximum Gasteiger partial charge on any atom is 0.142 e. The smallest absolute Gasteiger partial charge is 0.142 e. The van der Waals surface area contributed by atoms with Crippen LogP contribution in [-0.2, 0) is 4.74 Å². The van der Waals surface area contributed by atoms with Crippen LogP contribution in [0.5, 0.6) is 0 Å². The molecule has 5 heteroatoms. The molecule has 1 heterocycles. The number of aromatic nitrogens is 1. The fourth-order valence-electron chi connectivity index (χ4n) is 1.13. The van der Waals surface area contributed by atoms with E-state index < -0.39 is 0 Å². The van der Waals surface area contributed by atoms with Crippen molar-refractivity contribution in [3.63, 3.8) is 0 Å². The number of hydrogen-bond acceptors (Lipinski definition) is 5. The SMILES string of the molecule is CCC(COC)Nc1snc(N)c1C. The van der Waals surface area contributed by atoms with Gasteiger partial charge >= 0.3 is 0 Å². The molecule has 1 atom stereocenters. The lowest BCUT2D eigenvalue weighted by atomic mass is 10.2. The lowest BCUT2D eigenvalue weighted by molar-refractivity contribution is 0.184. The van der Waals surface area contributed by atoms with E-state index in [2.05, 4.69) is 16.6 Å². The summed E-state index contributed by atoms with van der Waals surface area (Å²) < 4.78 is 9.18. The zero-order valence-electron chi connectivity index (χ0n) is 8.83. The van der Waals surface area contributed by atoms with E-state index in [1.54, 1.807) is 7.11 Å². The number of nitrogens with zero attached hydrogens (tertiary/aromatic N) is 1. The quantitative estimate of drug-likeness (QED) is 0.787. The highest BCUT2D eigenvalue weighted by Gasteiger charge is 2.11. The van der Waals surface area contributed by atoms with Crippen LogP contribution in [-0.4, -0.2) is 24.1 Å². The molecule has 14 heavy (non-hydrogen) atoms. The summed E-state index contributed by atoms with van der Waals surface area (Å²) in [5.41, 5.74) is 6.69. The van der Waals surface area contributed by atoms with Gasteiger partial charge in [-0.1, -0.05) is 6.92 Å². The van der Waals surface area contributed by atoms with Gasteiger partial charge in [-0.25, -0.2) is 0 Å². The molecule has 1 aromatic rings. The molecule has 80 valence electrons. The molecule has 1 unspecified atom stereocenters. The first-order valence-corrected chi connectivity index (χ1v) is 5.43. The topological polar surface area (TPSA) is 60.2 Å². The summed E-state index contributed by atoms with van der Waals surface area (Å²) in [4.78, 5) is 0. The van der Waals surface area contributed by atoms with Crippen LogP contribution < -0.4 is 11.1 Å². The first-order valence-electron chi connectivity index (χ1n) is 4.66. The second-order valence-corrected chi connectivity index (χ2v) is 4.00.